The Morgan fingerprint density at radius 3 is 2.14 bits per heavy atom. The van der Waals surface area contributed by atoms with Gasteiger partial charge in [-0.1, -0.05) is 29.8 Å². The van der Waals surface area contributed by atoms with Gasteiger partial charge in [-0.05, 0) is 36.8 Å². The second-order valence-corrected chi connectivity index (χ2v) is 7.65. The highest BCUT2D eigenvalue weighted by Gasteiger charge is 2.40. The summed E-state index contributed by atoms with van der Waals surface area (Å²) in [6.07, 6.45) is 1.39. The Balaban J connectivity index is 1.31. The number of hydrogen-bond acceptors (Lipinski definition) is 4. The van der Waals surface area contributed by atoms with Crippen LogP contribution >= 0.6 is 0 Å². The first kappa shape index (κ1) is 19.6. The maximum atomic E-state index is 12.8. The van der Waals surface area contributed by atoms with Crippen molar-refractivity contribution in [3.63, 3.8) is 0 Å². The Kier molecular flexibility index (Phi) is 5.65. The Bertz CT molecular complexity index is 861. The number of nitrogens with zero attached hydrogens (tertiary/aromatic N) is 1. The summed E-state index contributed by atoms with van der Waals surface area (Å²) in [6, 6.07) is 14.9. The molecule has 2 aliphatic heterocycles. The molecule has 29 heavy (non-hydrogen) atoms. The number of ether oxygens (including phenoxy) is 2. The van der Waals surface area contributed by atoms with E-state index >= 15 is 0 Å². The lowest BCUT2D eigenvalue weighted by Gasteiger charge is -2.37. The third-order valence-electron chi connectivity index (χ3n) is 5.59. The summed E-state index contributed by atoms with van der Waals surface area (Å²) in [6.45, 7) is 4.97. The van der Waals surface area contributed by atoms with Crippen LogP contribution in [0.15, 0.2) is 48.5 Å². The quantitative estimate of drug-likeness (QED) is 0.866. The zero-order valence-corrected chi connectivity index (χ0v) is 16.6. The Labute approximate surface area is 170 Å². The molecule has 2 aliphatic rings. The number of benzene rings is 2. The summed E-state index contributed by atoms with van der Waals surface area (Å²) >= 11 is 0. The van der Waals surface area contributed by atoms with E-state index in [4.69, 9.17) is 9.47 Å². The van der Waals surface area contributed by atoms with E-state index in [9.17, 15) is 9.59 Å². The standard InChI is InChI=1S/C23H26N2O4/c1-17-2-4-18(5-3-17)16-24-21(26)19-6-8-20(9-7-19)22(27)25-12-10-23(11-13-25)28-14-15-29-23/h2-9H,10-16H2,1H3,(H,24,26). The lowest BCUT2D eigenvalue weighted by Crippen LogP contribution is -2.47. The van der Waals surface area contributed by atoms with E-state index in [1.165, 1.54) is 5.56 Å². The van der Waals surface area contributed by atoms with Crippen LogP contribution < -0.4 is 5.32 Å². The minimum absolute atomic E-state index is 0.0236. The molecule has 2 fully saturated rings. The van der Waals surface area contributed by atoms with Crippen LogP contribution in [-0.4, -0.2) is 48.8 Å². The molecule has 0 aliphatic carbocycles. The van der Waals surface area contributed by atoms with Crippen molar-refractivity contribution in [2.24, 2.45) is 0 Å². The number of hydrogen-bond donors (Lipinski definition) is 1. The van der Waals surface area contributed by atoms with E-state index in [0.29, 0.717) is 56.8 Å². The molecule has 2 aromatic rings. The van der Waals surface area contributed by atoms with E-state index in [2.05, 4.69) is 5.32 Å². The van der Waals surface area contributed by atoms with Gasteiger partial charge >= 0.3 is 0 Å². The summed E-state index contributed by atoms with van der Waals surface area (Å²) in [5.41, 5.74) is 3.37. The van der Waals surface area contributed by atoms with Crippen LogP contribution in [0.5, 0.6) is 0 Å². The molecule has 0 radical (unpaired) electrons. The monoisotopic (exact) mass is 394 g/mol. The van der Waals surface area contributed by atoms with Crippen molar-refractivity contribution in [1.82, 2.24) is 10.2 Å². The molecule has 2 saturated heterocycles. The topological polar surface area (TPSA) is 67.9 Å². The van der Waals surface area contributed by atoms with E-state index in [-0.39, 0.29) is 11.8 Å². The third-order valence-corrected chi connectivity index (χ3v) is 5.59. The van der Waals surface area contributed by atoms with Crippen molar-refractivity contribution in [3.8, 4) is 0 Å². The van der Waals surface area contributed by atoms with Gasteiger partial charge in [-0.15, -0.1) is 0 Å². The number of aryl methyl sites for hydroxylation is 1. The SMILES string of the molecule is Cc1ccc(CNC(=O)c2ccc(C(=O)N3CCC4(CC3)OCCO4)cc2)cc1. The van der Waals surface area contributed by atoms with Gasteiger partial charge in [0.1, 0.15) is 0 Å². The molecule has 4 rings (SSSR count). The molecule has 6 heteroatoms. The number of carbonyl (C=O) groups is 2. The highest BCUT2D eigenvalue weighted by atomic mass is 16.7. The lowest BCUT2D eigenvalue weighted by molar-refractivity contribution is -0.181. The van der Waals surface area contributed by atoms with Gasteiger partial charge in [0.2, 0.25) is 0 Å². The van der Waals surface area contributed by atoms with Gasteiger partial charge in [-0.2, -0.15) is 0 Å². The number of piperidine rings is 1. The van der Waals surface area contributed by atoms with Gasteiger partial charge in [0.25, 0.3) is 11.8 Å². The average Bonchev–Trinajstić information content (AvgIpc) is 3.21. The van der Waals surface area contributed by atoms with E-state index in [0.717, 1.165) is 5.56 Å². The molecule has 152 valence electrons. The minimum Gasteiger partial charge on any atom is -0.348 e. The van der Waals surface area contributed by atoms with Crippen molar-refractivity contribution in [2.75, 3.05) is 26.3 Å². The van der Waals surface area contributed by atoms with Gasteiger partial charge in [0.15, 0.2) is 5.79 Å². The van der Waals surface area contributed by atoms with Crippen molar-refractivity contribution in [2.45, 2.75) is 32.1 Å². The molecule has 0 unspecified atom stereocenters. The molecule has 0 saturated carbocycles. The second-order valence-electron chi connectivity index (χ2n) is 7.65. The van der Waals surface area contributed by atoms with Gasteiger partial charge < -0.3 is 19.7 Å². The fourth-order valence-electron chi connectivity index (χ4n) is 3.77. The summed E-state index contributed by atoms with van der Waals surface area (Å²) in [5, 5.41) is 2.91. The van der Waals surface area contributed by atoms with Gasteiger partial charge in [-0.3, -0.25) is 9.59 Å². The maximum absolute atomic E-state index is 12.8. The van der Waals surface area contributed by atoms with Crippen LogP contribution in [0.1, 0.15) is 44.7 Å². The first-order chi connectivity index (χ1) is 14.0. The van der Waals surface area contributed by atoms with Crippen LogP contribution in [0, 0.1) is 6.92 Å². The number of amides is 2. The smallest absolute Gasteiger partial charge is 0.253 e. The van der Waals surface area contributed by atoms with Crippen molar-refractivity contribution < 1.29 is 19.1 Å². The maximum Gasteiger partial charge on any atom is 0.253 e. The fraction of sp³-hybridized carbons (Fsp3) is 0.391. The van der Waals surface area contributed by atoms with Gasteiger partial charge in [0, 0.05) is 43.6 Å². The van der Waals surface area contributed by atoms with Crippen LogP contribution in [0.2, 0.25) is 0 Å². The lowest BCUT2D eigenvalue weighted by atomic mass is 10.0. The van der Waals surface area contributed by atoms with E-state index in [1.807, 2.05) is 36.1 Å². The summed E-state index contributed by atoms with van der Waals surface area (Å²) in [5.74, 6) is -0.666. The Hall–Kier alpha value is -2.70. The summed E-state index contributed by atoms with van der Waals surface area (Å²) < 4.78 is 11.4. The summed E-state index contributed by atoms with van der Waals surface area (Å²) in [7, 11) is 0. The van der Waals surface area contributed by atoms with E-state index in [1.54, 1.807) is 24.3 Å². The molecule has 6 nitrogen and oxygen atoms in total. The van der Waals surface area contributed by atoms with Crippen LogP contribution in [0.3, 0.4) is 0 Å². The highest BCUT2D eigenvalue weighted by Crippen LogP contribution is 2.31. The normalized spacial score (nSPS) is 18.0. The Morgan fingerprint density at radius 2 is 1.52 bits per heavy atom. The molecule has 0 bridgehead atoms. The van der Waals surface area contributed by atoms with Crippen LogP contribution in [0.4, 0.5) is 0 Å². The highest BCUT2D eigenvalue weighted by molar-refractivity contribution is 5.97. The molecule has 2 amide bonds. The molecule has 1 spiro atoms. The van der Waals surface area contributed by atoms with E-state index < -0.39 is 5.79 Å². The molecule has 2 aromatic carbocycles. The molecule has 0 atom stereocenters. The molecular weight excluding hydrogens is 368 g/mol. The zero-order valence-electron chi connectivity index (χ0n) is 16.6. The first-order valence-corrected chi connectivity index (χ1v) is 10.1. The third kappa shape index (κ3) is 4.49. The number of likely N-dealkylation sites (tertiary alicyclic amines) is 1. The van der Waals surface area contributed by atoms with Gasteiger partial charge in [-0.25, -0.2) is 0 Å². The number of rotatable bonds is 4. The van der Waals surface area contributed by atoms with Crippen molar-refractivity contribution in [1.29, 1.82) is 0 Å². The predicted octanol–water partition coefficient (Wildman–Crippen LogP) is 2.90. The zero-order chi connectivity index (χ0) is 20.3. The number of nitrogens with one attached hydrogen (secondary N) is 1. The molecule has 1 N–H and O–H groups in total. The van der Waals surface area contributed by atoms with Crippen LogP contribution in [-0.2, 0) is 16.0 Å². The largest absolute Gasteiger partial charge is 0.348 e. The van der Waals surface area contributed by atoms with Gasteiger partial charge in [0.05, 0.1) is 13.2 Å². The van der Waals surface area contributed by atoms with Crippen molar-refractivity contribution >= 4 is 11.8 Å². The Morgan fingerprint density at radius 1 is 0.931 bits per heavy atom. The van der Waals surface area contributed by atoms with Crippen LogP contribution in [0.25, 0.3) is 0 Å². The van der Waals surface area contributed by atoms with Crippen molar-refractivity contribution in [3.05, 3.63) is 70.8 Å². The molecule has 2 heterocycles. The molecular formula is C23H26N2O4. The average molecular weight is 394 g/mol. The number of carbonyl (C=O) groups excluding carboxylic acids is 2. The molecule has 0 aromatic heterocycles. The summed E-state index contributed by atoms with van der Waals surface area (Å²) in [4.78, 5) is 27.0. The fourth-order valence-corrected chi connectivity index (χ4v) is 3.77. The predicted molar refractivity (Wildman–Crippen MR) is 109 cm³/mol. The first-order valence-electron chi connectivity index (χ1n) is 10.1. The second kappa shape index (κ2) is 8.35. The minimum atomic E-state index is -0.490.